The van der Waals surface area contributed by atoms with Crippen LogP contribution < -0.4 is 5.32 Å². The monoisotopic (exact) mass is 364 g/mol. The predicted octanol–water partition coefficient (Wildman–Crippen LogP) is 2.82. The van der Waals surface area contributed by atoms with Gasteiger partial charge in [0, 0.05) is 36.6 Å². The molecule has 1 N–H and O–H groups in total. The molecule has 1 aromatic heterocycles. The number of aromatic nitrogens is 2. The molecule has 2 heterocycles. The molecular formula is C20H17FN4O2. The number of hydrogen-bond acceptors (Lipinski definition) is 4. The number of carbonyl (C=O) groups excluding carboxylic acids is 1. The molecule has 0 spiro atoms. The molecule has 0 saturated heterocycles. The average molecular weight is 364 g/mol. The number of nitrogens with one attached hydrogen (secondary N) is 1. The maximum atomic E-state index is 13.3. The molecule has 0 radical (unpaired) electrons. The SMILES string of the molecule is O=C(NCc1ccc(-n2ccnc2)cc1)[C@@H]1CC(c2cccc(F)c2)=NO1. The number of oxime groups is 1. The first kappa shape index (κ1) is 17.0. The highest BCUT2D eigenvalue weighted by atomic mass is 19.1. The van der Waals surface area contributed by atoms with Gasteiger partial charge < -0.3 is 14.7 Å². The van der Waals surface area contributed by atoms with E-state index in [0.29, 0.717) is 24.2 Å². The van der Waals surface area contributed by atoms with Crippen LogP contribution in [0.5, 0.6) is 0 Å². The first-order valence-electron chi connectivity index (χ1n) is 8.53. The molecule has 6 nitrogen and oxygen atoms in total. The zero-order chi connectivity index (χ0) is 18.6. The van der Waals surface area contributed by atoms with Crippen molar-refractivity contribution in [1.82, 2.24) is 14.9 Å². The first-order chi connectivity index (χ1) is 13.2. The van der Waals surface area contributed by atoms with Gasteiger partial charge in [-0.15, -0.1) is 0 Å². The van der Waals surface area contributed by atoms with E-state index in [-0.39, 0.29) is 11.7 Å². The van der Waals surface area contributed by atoms with Crippen LogP contribution in [0.1, 0.15) is 17.5 Å². The van der Waals surface area contributed by atoms with Gasteiger partial charge in [-0.05, 0) is 29.8 Å². The van der Waals surface area contributed by atoms with E-state index in [1.54, 1.807) is 24.7 Å². The van der Waals surface area contributed by atoms with Crippen molar-refractivity contribution in [1.29, 1.82) is 0 Å². The number of hydrogen-bond donors (Lipinski definition) is 1. The van der Waals surface area contributed by atoms with E-state index >= 15 is 0 Å². The van der Waals surface area contributed by atoms with Crippen molar-refractivity contribution in [2.45, 2.75) is 19.1 Å². The second kappa shape index (κ2) is 7.41. The summed E-state index contributed by atoms with van der Waals surface area (Å²) < 4.78 is 15.2. The number of rotatable bonds is 5. The predicted molar refractivity (Wildman–Crippen MR) is 97.8 cm³/mol. The topological polar surface area (TPSA) is 68.5 Å². The lowest BCUT2D eigenvalue weighted by Gasteiger charge is -2.10. The molecule has 1 aliphatic rings. The van der Waals surface area contributed by atoms with Gasteiger partial charge >= 0.3 is 0 Å². The Bertz CT molecular complexity index is 968. The molecule has 4 rings (SSSR count). The van der Waals surface area contributed by atoms with Crippen molar-refractivity contribution in [3.8, 4) is 5.69 Å². The van der Waals surface area contributed by atoms with Crippen LogP contribution in [-0.2, 0) is 16.2 Å². The number of nitrogens with zero attached hydrogens (tertiary/aromatic N) is 3. The van der Waals surface area contributed by atoms with Crippen LogP contribution in [0.25, 0.3) is 5.69 Å². The molecule has 1 atom stereocenters. The Labute approximate surface area is 155 Å². The van der Waals surface area contributed by atoms with Crippen molar-refractivity contribution < 1.29 is 14.0 Å². The lowest BCUT2D eigenvalue weighted by Crippen LogP contribution is -2.34. The Kier molecular flexibility index (Phi) is 4.65. The summed E-state index contributed by atoms with van der Waals surface area (Å²) in [5, 5.41) is 6.77. The van der Waals surface area contributed by atoms with E-state index in [2.05, 4.69) is 15.5 Å². The Hall–Kier alpha value is -3.48. The van der Waals surface area contributed by atoms with E-state index in [1.807, 2.05) is 35.0 Å². The van der Waals surface area contributed by atoms with Gasteiger partial charge in [0.2, 0.25) is 6.10 Å². The summed E-state index contributed by atoms with van der Waals surface area (Å²) in [6, 6.07) is 13.9. The maximum absolute atomic E-state index is 13.3. The Morgan fingerprint density at radius 3 is 2.85 bits per heavy atom. The van der Waals surface area contributed by atoms with E-state index in [4.69, 9.17) is 4.84 Å². The van der Waals surface area contributed by atoms with Crippen LogP contribution in [0.2, 0.25) is 0 Å². The molecule has 136 valence electrons. The largest absolute Gasteiger partial charge is 0.382 e. The Balaban J connectivity index is 1.31. The molecule has 0 bridgehead atoms. The third-order valence-electron chi connectivity index (χ3n) is 4.32. The number of imidazole rings is 1. The van der Waals surface area contributed by atoms with Crippen LogP contribution in [0.4, 0.5) is 4.39 Å². The van der Waals surface area contributed by atoms with Gasteiger partial charge in [-0.3, -0.25) is 4.79 Å². The average Bonchev–Trinajstić information content (AvgIpc) is 3.38. The minimum absolute atomic E-state index is 0.246. The van der Waals surface area contributed by atoms with E-state index in [9.17, 15) is 9.18 Å². The molecule has 2 aromatic carbocycles. The van der Waals surface area contributed by atoms with Gasteiger partial charge in [0.25, 0.3) is 5.91 Å². The van der Waals surface area contributed by atoms with Gasteiger partial charge in [0.15, 0.2) is 0 Å². The fourth-order valence-electron chi connectivity index (χ4n) is 2.86. The molecule has 0 saturated carbocycles. The minimum Gasteiger partial charge on any atom is -0.382 e. The van der Waals surface area contributed by atoms with Gasteiger partial charge in [-0.1, -0.05) is 29.4 Å². The summed E-state index contributed by atoms with van der Waals surface area (Å²) >= 11 is 0. The smallest absolute Gasteiger partial charge is 0.264 e. The summed E-state index contributed by atoms with van der Waals surface area (Å²) in [7, 11) is 0. The zero-order valence-corrected chi connectivity index (χ0v) is 14.4. The highest BCUT2D eigenvalue weighted by Gasteiger charge is 2.28. The summed E-state index contributed by atoms with van der Waals surface area (Å²) in [5.41, 5.74) is 3.16. The summed E-state index contributed by atoms with van der Waals surface area (Å²) in [5.74, 6) is -0.592. The first-order valence-corrected chi connectivity index (χ1v) is 8.53. The lowest BCUT2D eigenvalue weighted by atomic mass is 10.0. The van der Waals surface area contributed by atoms with Crippen molar-refractivity contribution in [2.75, 3.05) is 0 Å². The normalized spacial score (nSPS) is 15.9. The Morgan fingerprint density at radius 2 is 2.11 bits per heavy atom. The van der Waals surface area contributed by atoms with E-state index in [1.165, 1.54) is 12.1 Å². The highest BCUT2D eigenvalue weighted by molar-refractivity contribution is 6.04. The number of amides is 1. The third kappa shape index (κ3) is 3.87. The fraction of sp³-hybridized carbons (Fsp3) is 0.150. The zero-order valence-electron chi connectivity index (χ0n) is 14.4. The maximum Gasteiger partial charge on any atom is 0.264 e. The minimum atomic E-state index is -0.700. The lowest BCUT2D eigenvalue weighted by molar-refractivity contribution is -0.131. The van der Waals surface area contributed by atoms with Gasteiger partial charge in [0.1, 0.15) is 5.82 Å². The van der Waals surface area contributed by atoms with Gasteiger partial charge in [0.05, 0.1) is 12.0 Å². The second-order valence-electron chi connectivity index (χ2n) is 6.20. The molecule has 3 aromatic rings. The summed E-state index contributed by atoms with van der Waals surface area (Å²) in [4.78, 5) is 21.6. The van der Waals surface area contributed by atoms with Crippen molar-refractivity contribution in [3.63, 3.8) is 0 Å². The number of carbonyl (C=O) groups is 1. The van der Waals surface area contributed by atoms with Crippen molar-refractivity contribution in [2.24, 2.45) is 5.16 Å². The quantitative estimate of drug-likeness (QED) is 0.757. The summed E-state index contributed by atoms with van der Waals surface area (Å²) in [6.07, 6.45) is 4.92. The van der Waals surface area contributed by atoms with Crippen LogP contribution in [-0.4, -0.2) is 27.3 Å². The van der Waals surface area contributed by atoms with Crippen molar-refractivity contribution in [3.05, 3.63) is 84.2 Å². The van der Waals surface area contributed by atoms with Crippen LogP contribution in [0.3, 0.4) is 0 Å². The van der Waals surface area contributed by atoms with Crippen molar-refractivity contribution >= 4 is 11.6 Å². The molecule has 0 aliphatic carbocycles. The summed E-state index contributed by atoms with van der Waals surface area (Å²) in [6.45, 7) is 0.387. The number of halogens is 1. The molecule has 0 fully saturated rings. The molecule has 27 heavy (non-hydrogen) atoms. The molecule has 1 aliphatic heterocycles. The van der Waals surface area contributed by atoms with Gasteiger partial charge in [-0.2, -0.15) is 0 Å². The highest BCUT2D eigenvalue weighted by Crippen LogP contribution is 2.18. The third-order valence-corrected chi connectivity index (χ3v) is 4.32. The van der Waals surface area contributed by atoms with Crippen LogP contribution in [0.15, 0.2) is 72.4 Å². The Morgan fingerprint density at radius 1 is 1.26 bits per heavy atom. The second-order valence-corrected chi connectivity index (χ2v) is 6.20. The molecule has 7 heteroatoms. The van der Waals surface area contributed by atoms with Gasteiger partial charge in [-0.25, -0.2) is 9.37 Å². The molecule has 0 unspecified atom stereocenters. The standard InChI is InChI=1S/C20H17FN4O2/c21-16-3-1-2-15(10-16)18-11-19(27-24-18)20(26)23-12-14-4-6-17(7-5-14)25-9-8-22-13-25/h1-10,13,19H,11-12H2,(H,23,26)/t19-/m0/s1. The number of benzene rings is 2. The fourth-order valence-corrected chi connectivity index (χ4v) is 2.86. The van der Waals surface area contributed by atoms with Crippen LogP contribution >= 0.6 is 0 Å². The molecule has 1 amide bonds. The van der Waals surface area contributed by atoms with E-state index in [0.717, 1.165) is 11.3 Å². The molecular weight excluding hydrogens is 347 g/mol. The van der Waals surface area contributed by atoms with Crippen LogP contribution in [0, 0.1) is 5.82 Å². The van der Waals surface area contributed by atoms with E-state index < -0.39 is 6.10 Å².